The van der Waals surface area contributed by atoms with Crippen LogP contribution in [-0.2, 0) is 0 Å². The fraction of sp³-hybridized carbons (Fsp3) is 0.136. The van der Waals surface area contributed by atoms with E-state index < -0.39 is 0 Å². The largest absolute Gasteiger partial charge is 0.375 e. The topological polar surface area (TPSA) is 74.3 Å². The molecule has 2 N–H and O–H groups in total. The van der Waals surface area contributed by atoms with Gasteiger partial charge in [-0.25, -0.2) is 4.98 Å². The summed E-state index contributed by atoms with van der Waals surface area (Å²) in [5.41, 5.74) is 2.56. The van der Waals surface area contributed by atoms with Crippen molar-refractivity contribution in [1.82, 2.24) is 4.98 Å². The lowest BCUT2D eigenvalue weighted by Crippen LogP contribution is -2.17. The highest BCUT2D eigenvalue weighted by Gasteiger charge is 2.11. The van der Waals surface area contributed by atoms with Gasteiger partial charge in [-0.15, -0.1) is 0 Å². The maximum absolute atomic E-state index is 12.5. The molecule has 1 heterocycles. The molecule has 0 spiro atoms. The molecule has 7 heteroatoms. The highest BCUT2D eigenvalue weighted by molar-refractivity contribution is 9.10. The van der Waals surface area contributed by atoms with E-state index in [0.29, 0.717) is 22.6 Å². The van der Waals surface area contributed by atoms with E-state index in [1.54, 1.807) is 54.7 Å². The van der Waals surface area contributed by atoms with Crippen LogP contribution in [0.5, 0.6) is 0 Å². The number of carbonyl (C=O) groups excluding carboxylic acids is 2. The van der Waals surface area contributed by atoms with Crippen LogP contribution >= 0.6 is 15.9 Å². The quantitative estimate of drug-likeness (QED) is 0.562. The van der Waals surface area contributed by atoms with E-state index >= 15 is 0 Å². The van der Waals surface area contributed by atoms with E-state index in [0.717, 1.165) is 16.7 Å². The summed E-state index contributed by atoms with van der Waals surface area (Å²) >= 11 is 3.30. The average molecular weight is 453 g/mol. The second kappa shape index (κ2) is 9.34. The van der Waals surface area contributed by atoms with Crippen LogP contribution < -0.4 is 15.5 Å². The first-order valence-electron chi connectivity index (χ1n) is 9.12. The molecule has 0 aliphatic carbocycles. The minimum atomic E-state index is -0.303. The lowest BCUT2D eigenvalue weighted by molar-refractivity contribution is 0.101. The summed E-state index contributed by atoms with van der Waals surface area (Å²) in [4.78, 5) is 31.2. The van der Waals surface area contributed by atoms with Gasteiger partial charge in [0.2, 0.25) is 0 Å². The van der Waals surface area contributed by atoms with Crippen LogP contribution in [0.25, 0.3) is 0 Å². The van der Waals surface area contributed by atoms with Gasteiger partial charge in [0, 0.05) is 46.8 Å². The fourth-order valence-electron chi connectivity index (χ4n) is 2.63. The molecule has 0 bridgehead atoms. The summed E-state index contributed by atoms with van der Waals surface area (Å²) in [5, 5.41) is 5.56. The number of pyridine rings is 1. The standard InChI is InChI=1S/C22H21BrN4O2/c1-3-27(2)19-10-7-15(8-11-19)21(28)25-18-6-4-5-16(13-18)22(29)26-20-12-9-17(23)14-24-20/h4-14H,3H2,1-2H3,(H,25,28)(H,24,26,29). The molecule has 6 nitrogen and oxygen atoms in total. The second-order valence-electron chi connectivity index (χ2n) is 6.41. The summed E-state index contributed by atoms with van der Waals surface area (Å²) in [5.74, 6) is -0.0875. The first-order valence-corrected chi connectivity index (χ1v) is 9.91. The number of nitrogens with zero attached hydrogens (tertiary/aromatic N) is 2. The van der Waals surface area contributed by atoms with Gasteiger partial charge >= 0.3 is 0 Å². The van der Waals surface area contributed by atoms with Crippen molar-refractivity contribution in [3.8, 4) is 0 Å². The Morgan fingerprint density at radius 2 is 1.69 bits per heavy atom. The predicted octanol–water partition coefficient (Wildman–Crippen LogP) is 4.80. The fourth-order valence-corrected chi connectivity index (χ4v) is 2.86. The van der Waals surface area contributed by atoms with Crippen molar-refractivity contribution in [2.24, 2.45) is 0 Å². The number of benzene rings is 2. The van der Waals surface area contributed by atoms with Gasteiger partial charge < -0.3 is 15.5 Å². The minimum Gasteiger partial charge on any atom is -0.375 e. The van der Waals surface area contributed by atoms with Crippen molar-refractivity contribution in [2.45, 2.75) is 6.92 Å². The second-order valence-corrected chi connectivity index (χ2v) is 7.33. The Balaban J connectivity index is 1.68. The predicted molar refractivity (Wildman–Crippen MR) is 120 cm³/mol. The molecule has 1 aromatic heterocycles. The van der Waals surface area contributed by atoms with Gasteiger partial charge in [-0.1, -0.05) is 6.07 Å². The molecule has 0 radical (unpaired) electrons. The Morgan fingerprint density at radius 1 is 0.966 bits per heavy atom. The highest BCUT2D eigenvalue weighted by Crippen LogP contribution is 2.17. The third kappa shape index (κ3) is 5.42. The zero-order valence-corrected chi connectivity index (χ0v) is 17.7. The van der Waals surface area contributed by atoms with Crippen LogP contribution in [0.2, 0.25) is 0 Å². The lowest BCUT2D eigenvalue weighted by atomic mass is 10.1. The van der Waals surface area contributed by atoms with Crippen molar-refractivity contribution < 1.29 is 9.59 Å². The minimum absolute atomic E-state index is 0.233. The maximum Gasteiger partial charge on any atom is 0.256 e. The SMILES string of the molecule is CCN(C)c1ccc(C(=O)Nc2cccc(C(=O)Nc3ccc(Br)cn3)c2)cc1. The first-order chi connectivity index (χ1) is 14.0. The summed E-state index contributed by atoms with van der Waals surface area (Å²) in [6.07, 6.45) is 1.61. The smallest absolute Gasteiger partial charge is 0.256 e. The van der Waals surface area contributed by atoms with E-state index in [1.807, 2.05) is 19.2 Å². The number of rotatable bonds is 6. The Bertz CT molecular complexity index is 1000. The van der Waals surface area contributed by atoms with Gasteiger partial charge in [0.1, 0.15) is 5.82 Å². The zero-order valence-electron chi connectivity index (χ0n) is 16.1. The van der Waals surface area contributed by atoms with E-state index in [2.05, 4.69) is 43.4 Å². The van der Waals surface area contributed by atoms with Crippen molar-refractivity contribution in [1.29, 1.82) is 0 Å². The van der Waals surface area contributed by atoms with Crippen molar-refractivity contribution in [3.63, 3.8) is 0 Å². The molecule has 29 heavy (non-hydrogen) atoms. The van der Waals surface area contributed by atoms with E-state index in [4.69, 9.17) is 0 Å². The van der Waals surface area contributed by atoms with Crippen molar-refractivity contribution in [3.05, 3.63) is 82.5 Å². The van der Waals surface area contributed by atoms with Gasteiger partial charge in [0.05, 0.1) is 0 Å². The Kier molecular flexibility index (Phi) is 6.61. The number of carbonyl (C=O) groups is 2. The summed E-state index contributed by atoms with van der Waals surface area (Å²) in [6, 6.07) is 17.7. The van der Waals surface area contributed by atoms with Crippen LogP contribution in [-0.4, -0.2) is 30.4 Å². The zero-order chi connectivity index (χ0) is 20.8. The van der Waals surface area contributed by atoms with Crippen LogP contribution in [0.4, 0.5) is 17.2 Å². The Hall–Kier alpha value is -3.19. The summed E-state index contributed by atoms with van der Waals surface area (Å²) in [6.45, 7) is 2.95. The van der Waals surface area contributed by atoms with Crippen LogP contribution in [0.15, 0.2) is 71.3 Å². The van der Waals surface area contributed by atoms with Crippen LogP contribution in [0, 0.1) is 0 Å². The number of halogens is 1. The Labute approximate surface area is 178 Å². The van der Waals surface area contributed by atoms with Crippen molar-refractivity contribution in [2.75, 3.05) is 29.1 Å². The van der Waals surface area contributed by atoms with Crippen LogP contribution in [0.1, 0.15) is 27.6 Å². The van der Waals surface area contributed by atoms with E-state index in [-0.39, 0.29) is 11.8 Å². The molecule has 0 unspecified atom stereocenters. The number of hydrogen-bond acceptors (Lipinski definition) is 4. The molecule has 3 aromatic rings. The lowest BCUT2D eigenvalue weighted by Gasteiger charge is -2.16. The molecule has 0 aliphatic rings. The van der Waals surface area contributed by atoms with E-state index in [9.17, 15) is 9.59 Å². The van der Waals surface area contributed by atoms with Crippen LogP contribution in [0.3, 0.4) is 0 Å². The van der Waals surface area contributed by atoms with Gasteiger partial charge in [-0.05, 0) is 77.5 Å². The van der Waals surface area contributed by atoms with Gasteiger partial charge in [0.15, 0.2) is 0 Å². The molecule has 0 saturated heterocycles. The molecule has 0 fully saturated rings. The molecular weight excluding hydrogens is 432 g/mol. The summed E-state index contributed by atoms with van der Waals surface area (Å²) in [7, 11) is 2.00. The molecule has 3 rings (SSSR count). The normalized spacial score (nSPS) is 10.3. The molecule has 148 valence electrons. The third-order valence-corrected chi connectivity index (χ3v) is 4.87. The van der Waals surface area contributed by atoms with Gasteiger partial charge in [-0.2, -0.15) is 0 Å². The molecule has 2 amide bonds. The van der Waals surface area contributed by atoms with Gasteiger partial charge in [0.25, 0.3) is 11.8 Å². The summed E-state index contributed by atoms with van der Waals surface area (Å²) < 4.78 is 0.828. The third-order valence-electron chi connectivity index (χ3n) is 4.40. The molecule has 0 aliphatic heterocycles. The molecule has 0 saturated carbocycles. The van der Waals surface area contributed by atoms with Gasteiger partial charge in [-0.3, -0.25) is 9.59 Å². The molecule has 0 atom stereocenters. The Morgan fingerprint density at radius 3 is 2.34 bits per heavy atom. The van der Waals surface area contributed by atoms with Crippen molar-refractivity contribution >= 4 is 44.9 Å². The highest BCUT2D eigenvalue weighted by atomic mass is 79.9. The maximum atomic E-state index is 12.5. The molecular formula is C22H21BrN4O2. The average Bonchev–Trinajstić information content (AvgIpc) is 2.75. The molecule has 2 aromatic carbocycles. The van der Waals surface area contributed by atoms with E-state index in [1.165, 1.54) is 0 Å². The number of aromatic nitrogens is 1. The number of hydrogen-bond donors (Lipinski definition) is 2. The number of anilines is 3. The monoisotopic (exact) mass is 452 g/mol. The number of amides is 2. The number of nitrogens with one attached hydrogen (secondary N) is 2. The first kappa shape index (κ1) is 20.5.